The van der Waals surface area contributed by atoms with Gasteiger partial charge in [0, 0.05) is 35.0 Å². The molecular weight excluding hydrogens is 455 g/mol. The predicted octanol–water partition coefficient (Wildman–Crippen LogP) is 2.86. The second kappa shape index (κ2) is 9.68. The summed E-state index contributed by atoms with van der Waals surface area (Å²) in [6.07, 6.45) is 0. The average Bonchev–Trinajstić information content (AvgIpc) is 2.86. The van der Waals surface area contributed by atoms with Crippen molar-refractivity contribution in [1.29, 1.82) is 0 Å². The lowest BCUT2D eigenvalue weighted by molar-refractivity contribution is -0.136. The number of carbonyl (C=O) groups excluding carboxylic acids is 5. The van der Waals surface area contributed by atoms with Crippen molar-refractivity contribution in [1.82, 2.24) is 4.90 Å². The number of likely N-dealkylation sites (N-methyl/N-ethyl adjacent to an activating group) is 1. The molecule has 176 valence electrons. The summed E-state index contributed by atoms with van der Waals surface area (Å²) >= 11 is 0. The van der Waals surface area contributed by atoms with E-state index in [0.29, 0.717) is 5.69 Å². The van der Waals surface area contributed by atoms with Crippen molar-refractivity contribution in [3.8, 4) is 0 Å². The number of ketones is 2. The first-order chi connectivity index (χ1) is 16.8. The van der Waals surface area contributed by atoms with Crippen molar-refractivity contribution in [2.75, 3.05) is 25.5 Å². The maximum Gasteiger partial charge on any atom is 0.339 e. The van der Waals surface area contributed by atoms with Gasteiger partial charge in [0.2, 0.25) is 5.91 Å². The molecule has 0 bridgehead atoms. The molecular formula is C26H19FN2O6. The maximum atomic E-state index is 13.0. The van der Waals surface area contributed by atoms with Crippen molar-refractivity contribution in [2.45, 2.75) is 0 Å². The van der Waals surface area contributed by atoms with Crippen molar-refractivity contribution in [3.63, 3.8) is 0 Å². The van der Waals surface area contributed by atoms with Crippen LogP contribution in [0.25, 0.3) is 0 Å². The summed E-state index contributed by atoms with van der Waals surface area (Å²) in [6.45, 7) is -1.01. The van der Waals surface area contributed by atoms with Gasteiger partial charge in [-0.15, -0.1) is 0 Å². The fourth-order valence-electron chi connectivity index (χ4n) is 3.67. The summed E-state index contributed by atoms with van der Waals surface area (Å²) in [7, 11) is 1.35. The van der Waals surface area contributed by atoms with E-state index in [9.17, 15) is 28.4 Å². The van der Waals surface area contributed by atoms with Crippen LogP contribution in [0.5, 0.6) is 0 Å². The van der Waals surface area contributed by atoms with Crippen LogP contribution in [0.15, 0.2) is 66.7 Å². The highest BCUT2D eigenvalue weighted by Crippen LogP contribution is 2.29. The van der Waals surface area contributed by atoms with Crippen LogP contribution < -0.4 is 5.32 Å². The van der Waals surface area contributed by atoms with Gasteiger partial charge in [-0.3, -0.25) is 19.2 Å². The number of halogens is 1. The number of ether oxygens (including phenoxy) is 1. The molecule has 1 aliphatic carbocycles. The molecule has 0 radical (unpaired) electrons. The minimum absolute atomic E-state index is 0.0688. The zero-order valence-corrected chi connectivity index (χ0v) is 18.5. The number of esters is 1. The Kier molecular flexibility index (Phi) is 6.50. The van der Waals surface area contributed by atoms with E-state index in [1.165, 1.54) is 55.6 Å². The molecule has 0 spiro atoms. The molecule has 0 unspecified atom stereocenters. The molecule has 0 aromatic heterocycles. The van der Waals surface area contributed by atoms with Crippen LogP contribution in [0.2, 0.25) is 0 Å². The molecule has 0 atom stereocenters. The molecule has 0 aliphatic heterocycles. The lowest BCUT2D eigenvalue weighted by Crippen LogP contribution is -2.37. The SMILES string of the molecule is CN(CC(=O)Nc1ccc(F)cc1)C(=O)COC(=O)c1cccc2c1C(=O)c1ccccc1C2=O. The number of rotatable bonds is 6. The molecule has 0 saturated heterocycles. The average molecular weight is 474 g/mol. The lowest BCUT2D eigenvalue weighted by Gasteiger charge is -2.20. The number of hydrogen-bond donors (Lipinski definition) is 1. The molecule has 0 heterocycles. The fourth-order valence-corrected chi connectivity index (χ4v) is 3.67. The zero-order valence-electron chi connectivity index (χ0n) is 18.5. The van der Waals surface area contributed by atoms with E-state index in [2.05, 4.69) is 5.32 Å². The van der Waals surface area contributed by atoms with Crippen molar-refractivity contribution in [2.24, 2.45) is 0 Å². The van der Waals surface area contributed by atoms with Crippen LogP contribution in [0.3, 0.4) is 0 Å². The molecule has 3 aromatic carbocycles. The van der Waals surface area contributed by atoms with E-state index in [4.69, 9.17) is 4.74 Å². The highest BCUT2D eigenvalue weighted by atomic mass is 19.1. The molecule has 4 rings (SSSR count). The van der Waals surface area contributed by atoms with Crippen molar-refractivity contribution >= 4 is 35.0 Å². The monoisotopic (exact) mass is 474 g/mol. The third kappa shape index (κ3) is 4.84. The summed E-state index contributed by atoms with van der Waals surface area (Å²) in [5.41, 5.74) is 0.697. The van der Waals surface area contributed by atoms with E-state index in [1.54, 1.807) is 18.2 Å². The van der Waals surface area contributed by atoms with E-state index in [-0.39, 0.29) is 40.1 Å². The van der Waals surface area contributed by atoms with Crippen LogP contribution in [-0.4, -0.2) is 54.4 Å². The van der Waals surface area contributed by atoms with Crippen molar-refractivity contribution in [3.05, 3.63) is 100 Å². The molecule has 3 aromatic rings. The summed E-state index contributed by atoms with van der Waals surface area (Å²) in [4.78, 5) is 64.1. The Balaban J connectivity index is 1.40. The largest absolute Gasteiger partial charge is 0.452 e. The van der Waals surface area contributed by atoms with Gasteiger partial charge in [0.25, 0.3) is 5.91 Å². The predicted molar refractivity (Wildman–Crippen MR) is 123 cm³/mol. The van der Waals surface area contributed by atoms with E-state index in [1.807, 2.05) is 0 Å². The molecule has 35 heavy (non-hydrogen) atoms. The third-order valence-electron chi connectivity index (χ3n) is 5.43. The van der Waals surface area contributed by atoms with Crippen LogP contribution in [0, 0.1) is 5.82 Å². The number of hydrogen-bond acceptors (Lipinski definition) is 6. The molecule has 1 aliphatic rings. The molecule has 0 saturated carbocycles. The number of benzene rings is 3. The third-order valence-corrected chi connectivity index (χ3v) is 5.43. The first kappa shape index (κ1) is 23.5. The maximum absolute atomic E-state index is 13.0. The molecule has 9 heteroatoms. The number of nitrogens with one attached hydrogen (secondary N) is 1. The quantitative estimate of drug-likeness (QED) is 0.431. The summed E-state index contributed by atoms with van der Waals surface area (Å²) in [5, 5.41) is 2.52. The van der Waals surface area contributed by atoms with Crippen LogP contribution in [0.4, 0.5) is 10.1 Å². The number of fused-ring (bicyclic) bond motifs is 2. The Hall–Kier alpha value is -4.66. The number of amides is 2. The van der Waals surface area contributed by atoms with Crippen LogP contribution >= 0.6 is 0 Å². The molecule has 0 fully saturated rings. The lowest BCUT2D eigenvalue weighted by atomic mass is 9.82. The van der Waals surface area contributed by atoms with Gasteiger partial charge in [-0.1, -0.05) is 36.4 Å². The summed E-state index contributed by atoms with van der Waals surface area (Å²) in [5.74, 6) is -3.45. The van der Waals surface area contributed by atoms with Gasteiger partial charge < -0.3 is 15.0 Å². The fraction of sp³-hybridized carbons (Fsp3) is 0.115. The Morgan fingerprint density at radius 1 is 0.857 bits per heavy atom. The molecule has 1 N–H and O–H groups in total. The first-order valence-electron chi connectivity index (χ1n) is 10.5. The minimum atomic E-state index is -0.945. The second-order valence-corrected chi connectivity index (χ2v) is 7.81. The van der Waals surface area contributed by atoms with Gasteiger partial charge in [-0.2, -0.15) is 0 Å². The van der Waals surface area contributed by atoms with Crippen molar-refractivity contribution < 1.29 is 33.1 Å². The zero-order chi connectivity index (χ0) is 25.1. The number of nitrogens with zero attached hydrogens (tertiary/aromatic N) is 1. The summed E-state index contributed by atoms with van der Waals surface area (Å²) in [6, 6.07) is 15.7. The standard InChI is InChI=1S/C26H19FN2O6/c1-29(13-21(30)28-16-11-9-15(27)10-12-16)22(31)14-35-26(34)20-8-4-7-19-23(20)25(33)18-6-3-2-5-17(18)24(19)32/h2-12H,13-14H2,1H3,(H,28,30). The van der Waals surface area contributed by atoms with Gasteiger partial charge >= 0.3 is 5.97 Å². The smallest absolute Gasteiger partial charge is 0.339 e. The molecule has 2 amide bonds. The topological polar surface area (TPSA) is 110 Å². The van der Waals surface area contributed by atoms with Gasteiger partial charge in [0.1, 0.15) is 5.82 Å². The summed E-state index contributed by atoms with van der Waals surface area (Å²) < 4.78 is 18.1. The first-order valence-corrected chi connectivity index (χ1v) is 10.5. The van der Waals surface area contributed by atoms with Gasteiger partial charge in [-0.25, -0.2) is 9.18 Å². The highest BCUT2D eigenvalue weighted by molar-refractivity contribution is 6.30. The Morgan fingerprint density at radius 3 is 2.17 bits per heavy atom. The Bertz CT molecular complexity index is 1370. The van der Waals surface area contributed by atoms with Gasteiger partial charge in [-0.05, 0) is 30.3 Å². The molecule has 8 nitrogen and oxygen atoms in total. The minimum Gasteiger partial charge on any atom is -0.452 e. The Morgan fingerprint density at radius 2 is 1.49 bits per heavy atom. The number of carbonyl (C=O) groups is 5. The number of anilines is 1. The van der Waals surface area contributed by atoms with E-state index >= 15 is 0 Å². The van der Waals surface area contributed by atoms with E-state index < -0.39 is 36.0 Å². The Labute approximate surface area is 199 Å². The van der Waals surface area contributed by atoms with Crippen LogP contribution in [-0.2, 0) is 14.3 Å². The van der Waals surface area contributed by atoms with Crippen LogP contribution in [0.1, 0.15) is 42.2 Å². The van der Waals surface area contributed by atoms with Gasteiger partial charge in [0.15, 0.2) is 18.2 Å². The highest BCUT2D eigenvalue weighted by Gasteiger charge is 2.33. The second-order valence-electron chi connectivity index (χ2n) is 7.81. The normalized spacial score (nSPS) is 11.8. The van der Waals surface area contributed by atoms with Gasteiger partial charge in [0.05, 0.1) is 12.1 Å². The van der Waals surface area contributed by atoms with E-state index in [0.717, 1.165) is 4.90 Å².